The van der Waals surface area contributed by atoms with Crippen LogP contribution in [0.25, 0.3) is 11.8 Å². The summed E-state index contributed by atoms with van der Waals surface area (Å²) in [6.45, 7) is 6.10. The summed E-state index contributed by atoms with van der Waals surface area (Å²) in [4.78, 5) is 24.6. The molecule has 154 valence electrons. The lowest BCUT2D eigenvalue weighted by Crippen LogP contribution is -2.06. The predicted octanol–water partition coefficient (Wildman–Crippen LogP) is 5.18. The number of carbonyl (C=O) groups excluding carboxylic acids is 2. The van der Waals surface area contributed by atoms with E-state index in [1.165, 1.54) is 0 Å². The van der Waals surface area contributed by atoms with Gasteiger partial charge >= 0.3 is 5.97 Å². The van der Waals surface area contributed by atoms with Crippen molar-refractivity contribution in [2.75, 3.05) is 13.7 Å². The lowest BCUT2D eigenvalue weighted by atomic mass is 10.1. The van der Waals surface area contributed by atoms with Gasteiger partial charge in [-0.05, 0) is 87.0 Å². The zero-order valence-corrected chi connectivity index (χ0v) is 17.6. The largest absolute Gasteiger partial charge is 0.497 e. The van der Waals surface area contributed by atoms with Gasteiger partial charge in [0.15, 0.2) is 5.78 Å². The second-order valence-electron chi connectivity index (χ2n) is 6.86. The molecule has 5 nitrogen and oxygen atoms in total. The molecule has 5 heteroatoms. The molecule has 0 atom stereocenters. The van der Waals surface area contributed by atoms with Gasteiger partial charge in [0.05, 0.1) is 19.3 Å². The van der Waals surface area contributed by atoms with Crippen molar-refractivity contribution in [3.8, 4) is 11.4 Å². The number of methoxy groups -OCH3 is 1. The van der Waals surface area contributed by atoms with Gasteiger partial charge in [-0.2, -0.15) is 0 Å². The van der Waals surface area contributed by atoms with Crippen LogP contribution < -0.4 is 4.74 Å². The molecule has 0 unspecified atom stereocenters. The lowest BCUT2D eigenvalue weighted by Gasteiger charge is -2.11. The molecule has 0 aliphatic rings. The molecule has 2 aromatic carbocycles. The third-order valence-corrected chi connectivity index (χ3v) is 4.87. The van der Waals surface area contributed by atoms with Crippen LogP contribution in [0.4, 0.5) is 0 Å². The summed E-state index contributed by atoms with van der Waals surface area (Å²) in [6, 6.07) is 16.4. The Kier molecular flexibility index (Phi) is 6.52. The molecule has 0 aliphatic heterocycles. The van der Waals surface area contributed by atoms with E-state index in [9.17, 15) is 9.59 Å². The van der Waals surface area contributed by atoms with Crippen molar-refractivity contribution < 1.29 is 19.1 Å². The normalized spacial score (nSPS) is 10.9. The molecular weight excluding hydrogens is 378 g/mol. The molecule has 3 rings (SSSR count). The average Bonchev–Trinajstić information content (AvgIpc) is 3.05. The molecule has 30 heavy (non-hydrogen) atoms. The highest BCUT2D eigenvalue weighted by molar-refractivity contribution is 6.06. The molecule has 0 bridgehead atoms. The molecule has 0 amide bonds. The van der Waals surface area contributed by atoms with Gasteiger partial charge in [0, 0.05) is 22.6 Å². The van der Waals surface area contributed by atoms with Gasteiger partial charge in [-0.3, -0.25) is 4.79 Å². The number of hydrogen-bond acceptors (Lipinski definition) is 4. The van der Waals surface area contributed by atoms with Crippen molar-refractivity contribution in [1.29, 1.82) is 0 Å². The van der Waals surface area contributed by atoms with E-state index in [0.29, 0.717) is 23.5 Å². The third kappa shape index (κ3) is 4.51. The number of ether oxygens (including phenoxy) is 2. The monoisotopic (exact) mass is 403 g/mol. The van der Waals surface area contributed by atoms with Crippen LogP contribution in [0, 0.1) is 13.8 Å². The summed E-state index contributed by atoms with van der Waals surface area (Å²) in [6.07, 6.45) is 3.39. The molecule has 0 aliphatic carbocycles. The maximum atomic E-state index is 12.5. The minimum atomic E-state index is -0.341. The maximum absolute atomic E-state index is 12.5. The van der Waals surface area contributed by atoms with Crippen molar-refractivity contribution in [2.45, 2.75) is 20.8 Å². The number of aromatic nitrogens is 1. The van der Waals surface area contributed by atoms with Gasteiger partial charge in [0.1, 0.15) is 5.75 Å². The summed E-state index contributed by atoms with van der Waals surface area (Å²) < 4.78 is 12.3. The number of benzene rings is 2. The van der Waals surface area contributed by atoms with Crippen LogP contribution in [-0.4, -0.2) is 30.0 Å². The highest BCUT2D eigenvalue weighted by Crippen LogP contribution is 2.23. The lowest BCUT2D eigenvalue weighted by molar-refractivity contribution is 0.0526. The van der Waals surface area contributed by atoms with Crippen LogP contribution in [-0.2, 0) is 4.74 Å². The summed E-state index contributed by atoms with van der Waals surface area (Å²) in [5, 5.41) is 0. The van der Waals surface area contributed by atoms with Crippen LogP contribution in [0.1, 0.15) is 44.6 Å². The Bertz CT molecular complexity index is 1090. The standard InChI is InChI=1S/C25H25NO4/c1-5-30-25(28)21-7-6-8-22(16-21)26-17(2)15-20(18(26)3)11-14-24(27)19-9-12-23(29-4)13-10-19/h6-16H,5H2,1-4H3/b14-11+. The number of rotatable bonds is 7. The van der Waals surface area contributed by atoms with Crippen molar-refractivity contribution in [2.24, 2.45) is 0 Å². The van der Waals surface area contributed by atoms with Crippen LogP contribution >= 0.6 is 0 Å². The van der Waals surface area contributed by atoms with E-state index in [2.05, 4.69) is 4.57 Å². The number of esters is 1. The zero-order valence-electron chi connectivity index (χ0n) is 17.6. The summed E-state index contributed by atoms with van der Waals surface area (Å²) in [5.41, 5.74) is 4.90. The van der Waals surface area contributed by atoms with Gasteiger partial charge in [-0.25, -0.2) is 4.79 Å². The van der Waals surface area contributed by atoms with Gasteiger partial charge in [0.25, 0.3) is 0 Å². The Balaban J connectivity index is 1.87. The fraction of sp³-hybridized carbons (Fsp3) is 0.200. The van der Waals surface area contributed by atoms with E-state index < -0.39 is 0 Å². The SMILES string of the molecule is CCOC(=O)c1cccc(-n2c(C)cc(/C=C/C(=O)c3ccc(OC)cc3)c2C)c1. The minimum Gasteiger partial charge on any atom is -0.497 e. The highest BCUT2D eigenvalue weighted by atomic mass is 16.5. The molecule has 0 saturated heterocycles. The topological polar surface area (TPSA) is 57.5 Å². The first kappa shape index (κ1) is 21.1. The number of allylic oxidation sites excluding steroid dienone is 1. The summed E-state index contributed by atoms with van der Waals surface area (Å²) >= 11 is 0. The Labute approximate surface area is 176 Å². The number of carbonyl (C=O) groups is 2. The van der Waals surface area contributed by atoms with Crippen molar-refractivity contribution >= 4 is 17.8 Å². The quantitative estimate of drug-likeness (QED) is 0.310. The van der Waals surface area contributed by atoms with Crippen LogP contribution in [0.15, 0.2) is 60.7 Å². The first-order chi connectivity index (χ1) is 14.4. The van der Waals surface area contributed by atoms with Crippen molar-refractivity contribution in [1.82, 2.24) is 4.57 Å². The molecule has 0 N–H and O–H groups in total. The van der Waals surface area contributed by atoms with Crippen LogP contribution in [0.3, 0.4) is 0 Å². The van der Waals surface area contributed by atoms with Gasteiger partial charge in [0.2, 0.25) is 0 Å². The second kappa shape index (κ2) is 9.27. The van der Waals surface area contributed by atoms with Gasteiger partial charge in [-0.1, -0.05) is 6.07 Å². The van der Waals surface area contributed by atoms with Crippen LogP contribution in [0.5, 0.6) is 5.75 Å². The maximum Gasteiger partial charge on any atom is 0.338 e. The fourth-order valence-electron chi connectivity index (χ4n) is 3.36. The summed E-state index contributed by atoms with van der Waals surface area (Å²) in [7, 11) is 1.59. The van der Waals surface area contributed by atoms with E-state index in [-0.39, 0.29) is 11.8 Å². The molecule has 1 aromatic heterocycles. The van der Waals surface area contributed by atoms with E-state index in [1.54, 1.807) is 50.4 Å². The number of ketones is 1. The first-order valence-electron chi connectivity index (χ1n) is 9.77. The van der Waals surface area contributed by atoms with E-state index in [0.717, 1.165) is 22.6 Å². The Morgan fingerprint density at radius 3 is 2.40 bits per heavy atom. The molecule has 1 heterocycles. The molecule has 0 fully saturated rings. The van der Waals surface area contributed by atoms with Crippen molar-refractivity contribution in [3.63, 3.8) is 0 Å². The van der Waals surface area contributed by atoms with Crippen LogP contribution in [0.2, 0.25) is 0 Å². The Hall–Kier alpha value is -3.60. The highest BCUT2D eigenvalue weighted by Gasteiger charge is 2.12. The zero-order chi connectivity index (χ0) is 21.7. The molecule has 0 radical (unpaired) electrons. The number of aryl methyl sites for hydroxylation is 1. The Morgan fingerprint density at radius 1 is 1.00 bits per heavy atom. The van der Waals surface area contributed by atoms with Gasteiger partial charge < -0.3 is 14.0 Å². The van der Waals surface area contributed by atoms with E-state index in [4.69, 9.17) is 9.47 Å². The van der Waals surface area contributed by atoms with E-state index >= 15 is 0 Å². The van der Waals surface area contributed by atoms with E-state index in [1.807, 2.05) is 44.2 Å². The molecular formula is C25H25NO4. The molecule has 3 aromatic rings. The fourth-order valence-corrected chi connectivity index (χ4v) is 3.36. The number of hydrogen-bond donors (Lipinski definition) is 0. The first-order valence-corrected chi connectivity index (χ1v) is 9.77. The minimum absolute atomic E-state index is 0.0771. The predicted molar refractivity (Wildman–Crippen MR) is 118 cm³/mol. The molecule has 0 saturated carbocycles. The van der Waals surface area contributed by atoms with Gasteiger partial charge in [-0.15, -0.1) is 0 Å². The summed E-state index contributed by atoms with van der Waals surface area (Å²) in [5.74, 6) is 0.294. The van der Waals surface area contributed by atoms with Crippen molar-refractivity contribution in [3.05, 3.63) is 88.8 Å². The average molecular weight is 403 g/mol. The molecule has 0 spiro atoms. The number of nitrogens with zero attached hydrogens (tertiary/aromatic N) is 1. The third-order valence-electron chi connectivity index (χ3n) is 4.87. The second-order valence-corrected chi connectivity index (χ2v) is 6.86. The Morgan fingerprint density at radius 2 is 1.73 bits per heavy atom. The smallest absolute Gasteiger partial charge is 0.338 e.